The first-order valence-corrected chi connectivity index (χ1v) is 6.32. The van der Waals surface area contributed by atoms with Crippen LogP contribution in [0.25, 0.3) is 0 Å². The van der Waals surface area contributed by atoms with E-state index in [9.17, 15) is 9.59 Å². The van der Waals surface area contributed by atoms with E-state index in [2.05, 4.69) is 10.6 Å². The number of halogens is 3. The van der Waals surface area contributed by atoms with E-state index >= 15 is 0 Å². The van der Waals surface area contributed by atoms with Gasteiger partial charge in [-0.2, -0.15) is 0 Å². The van der Waals surface area contributed by atoms with Crippen LogP contribution >= 0.6 is 34.8 Å². The number of hydrogen-bond acceptors (Lipinski definition) is 3. The average Bonchev–Trinajstić information content (AvgIpc) is 2.35. The summed E-state index contributed by atoms with van der Waals surface area (Å²) in [7, 11) is 1.39. The average molecular weight is 326 g/mol. The zero-order valence-corrected chi connectivity index (χ0v) is 12.4. The molecule has 104 valence electrons. The molecule has 0 saturated carbocycles. The van der Waals surface area contributed by atoms with Gasteiger partial charge in [0.15, 0.2) is 6.10 Å². The Morgan fingerprint density at radius 3 is 2.32 bits per heavy atom. The van der Waals surface area contributed by atoms with Gasteiger partial charge in [0, 0.05) is 13.1 Å². The second-order valence-electron chi connectivity index (χ2n) is 3.53. The molecule has 1 atom stereocenters. The van der Waals surface area contributed by atoms with Crippen molar-refractivity contribution in [1.29, 1.82) is 0 Å². The highest BCUT2D eigenvalue weighted by Gasteiger charge is 2.18. The van der Waals surface area contributed by atoms with Crippen molar-refractivity contribution in [3.63, 3.8) is 0 Å². The molecule has 0 aromatic heterocycles. The summed E-state index contributed by atoms with van der Waals surface area (Å²) >= 11 is 17.5. The predicted octanol–water partition coefficient (Wildman–Crippen LogP) is 2.87. The van der Waals surface area contributed by atoms with E-state index in [1.807, 2.05) is 0 Å². The summed E-state index contributed by atoms with van der Waals surface area (Å²) in [6.45, 7) is 1.47. The summed E-state index contributed by atoms with van der Waals surface area (Å²) in [5.41, 5.74) is 0. The fourth-order valence-corrected chi connectivity index (χ4v) is 1.70. The lowest BCUT2D eigenvalue weighted by molar-refractivity contribution is -0.126. The van der Waals surface area contributed by atoms with Crippen LogP contribution in [0.15, 0.2) is 12.1 Å². The lowest BCUT2D eigenvalue weighted by Crippen LogP contribution is -2.43. The molecule has 0 radical (unpaired) electrons. The van der Waals surface area contributed by atoms with E-state index in [0.29, 0.717) is 0 Å². The molecule has 0 spiro atoms. The van der Waals surface area contributed by atoms with Gasteiger partial charge in [0.1, 0.15) is 5.75 Å². The highest BCUT2D eigenvalue weighted by atomic mass is 35.5. The van der Waals surface area contributed by atoms with Crippen molar-refractivity contribution in [3.05, 3.63) is 27.2 Å². The predicted molar refractivity (Wildman–Crippen MR) is 74.2 cm³/mol. The monoisotopic (exact) mass is 324 g/mol. The van der Waals surface area contributed by atoms with Crippen LogP contribution < -0.4 is 15.4 Å². The summed E-state index contributed by atoms with van der Waals surface area (Å²) in [5.74, 6) is -0.405. The zero-order valence-electron chi connectivity index (χ0n) is 10.1. The van der Waals surface area contributed by atoms with Gasteiger partial charge in [-0.1, -0.05) is 34.8 Å². The van der Waals surface area contributed by atoms with Crippen LogP contribution in [0.1, 0.15) is 6.92 Å². The van der Waals surface area contributed by atoms with Crippen LogP contribution in [-0.4, -0.2) is 25.1 Å². The Hall–Kier alpha value is -1.17. The van der Waals surface area contributed by atoms with E-state index < -0.39 is 18.0 Å². The minimum atomic E-state index is -0.924. The normalized spacial score (nSPS) is 11.6. The van der Waals surface area contributed by atoms with Gasteiger partial charge >= 0.3 is 6.03 Å². The molecule has 0 fully saturated rings. The third-order valence-corrected chi connectivity index (χ3v) is 3.13. The second kappa shape index (κ2) is 6.84. The van der Waals surface area contributed by atoms with Gasteiger partial charge in [-0.3, -0.25) is 10.1 Å². The molecule has 0 unspecified atom stereocenters. The molecule has 0 saturated heterocycles. The maximum atomic E-state index is 11.6. The fraction of sp³-hybridized carbons (Fsp3) is 0.273. The summed E-state index contributed by atoms with van der Waals surface area (Å²) in [5, 5.41) is 5.08. The van der Waals surface area contributed by atoms with Crippen LogP contribution in [-0.2, 0) is 4.79 Å². The zero-order chi connectivity index (χ0) is 14.6. The topological polar surface area (TPSA) is 67.4 Å². The molecule has 0 heterocycles. The number of urea groups is 1. The molecule has 1 rings (SSSR count). The van der Waals surface area contributed by atoms with Crippen LogP contribution in [0.2, 0.25) is 15.1 Å². The van der Waals surface area contributed by atoms with Crippen LogP contribution in [0, 0.1) is 0 Å². The molecule has 1 aromatic rings. The maximum Gasteiger partial charge on any atom is 0.321 e. The fourth-order valence-electron chi connectivity index (χ4n) is 1.11. The Morgan fingerprint density at radius 1 is 1.16 bits per heavy atom. The number of nitrogens with one attached hydrogen (secondary N) is 2. The number of imide groups is 1. The standard InChI is InChI=1S/C11H11Cl3N2O3/c1-5(10(17)16-11(18)15-2)19-9-4-7(13)6(12)3-8(9)14/h3-5H,1-2H3,(H2,15,16,17,18)/t5-/m1/s1. The molecule has 0 aliphatic rings. The number of carbonyl (C=O) groups is 2. The maximum absolute atomic E-state index is 11.6. The molecule has 1 aromatic carbocycles. The Bertz CT molecular complexity index is 508. The lowest BCUT2D eigenvalue weighted by atomic mass is 10.3. The van der Waals surface area contributed by atoms with E-state index in [0.717, 1.165) is 0 Å². The lowest BCUT2D eigenvalue weighted by Gasteiger charge is -2.15. The van der Waals surface area contributed by atoms with Gasteiger partial charge in [0.25, 0.3) is 5.91 Å². The molecule has 3 amide bonds. The van der Waals surface area contributed by atoms with Crippen molar-refractivity contribution in [2.24, 2.45) is 0 Å². The van der Waals surface area contributed by atoms with Gasteiger partial charge in [-0.15, -0.1) is 0 Å². The molecule has 8 heteroatoms. The van der Waals surface area contributed by atoms with E-state index in [4.69, 9.17) is 39.5 Å². The quantitative estimate of drug-likeness (QED) is 0.840. The first-order valence-electron chi connectivity index (χ1n) is 5.19. The first kappa shape index (κ1) is 15.9. The number of amides is 3. The second-order valence-corrected chi connectivity index (χ2v) is 4.75. The number of carbonyl (C=O) groups excluding carboxylic acids is 2. The minimum Gasteiger partial charge on any atom is -0.479 e. The molecular formula is C11H11Cl3N2O3. The van der Waals surface area contributed by atoms with Crippen molar-refractivity contribution in [2.45, 2.75) is 13.0 Å². The molecule has 0 bridgehead atoms. The molecule has 0 aliphatic heterocycles. The molecule has 2 N–H and O–H groups in total. The Kier molecular flexibility index (Phi) is 5.72. The van der Waals surface area contributed by atoms with Crippen molar-refractivity contribution in [3.8, 4) is 5.75 Å². The van der Waals surface area contributed by atoms with Gasteiger partial charge in [0.05, 0.1) is 15.1 Å². The Labute approximate surface area is 125 Å². The minimum absolute atomic E-state index is 0.204. The highest BCUT2D eigenvalue weighted by Crippen LogP contribution is 2.34. The van der Waals surface area contributed by atoms with E-state index in [-0.39, 0.29) is 20.8 Å². The van der Waals surface area contributed by atoms with Gasteiger partial charge < -0.3 is 10.1 Å². The van der Waals surface area contributed by atoms with Crippen molar-refractivity contribution < 1.29 is 14.3 Å². The Morgan fingerprint density at radius 2 is 1.74 bits per heavy atom. The molecule has 5 nitrogen and oxygen atoms in total. The highest BCUT2D eigenvalue weighted by molar-refractivity contribution is 6.43. The van der Waals surface area contributed by atoms with Crippen molar-refractivity contribution in [2.75, 3.05) is 7.05 Å². The summed E-state index contributed by atoms with van der Waals surface area (Å²) < 4.78 is 5.32. The number of hydrogen-bond donors (Lipinski definition) is 2. The summed E-state index contributed by atoms with van der Waals surface area (Å²) in [4.78, 5) is 22.6. The third-order valence-electron chi connectivity index (χ3n) is 2.11. The largest absolute Gasteiger partial charge is 0.479 e. The van der Waals surface area contributed by atoms with Crippen LogP contribution in [0.4, 0.5) is 4.79 Å². The van der Waals surface area contributed by atoms with E-state index in [1.165, 1.54) is 26.1 Å². The van der Waals surface area contributed by atoms with Crippen molar-refractivity contribution >= 4 is 46.7 Å². The first-order chi connectivity index (χ1) is 8.85. The van der Waals surface area contributed by atoms with E-state index in [1.54, 1.807) is 0 Å². The Balaban J connectivity index is 2.77. The van der Waals surface area contributed by atoms with Gasteiger partial charge in [-0.25, -0.2) is 4.79 Å². The summed E-state index contributed by atoms with van der Waals surface area (Å²) in [6, 6.07) is 2.18. The smallest absolute Gasteiger partial charge is 0.321 e. The van der Waals surface area contributed by atoms with Crippen LogP contribution in [0.5, 0.6) is 5.75 Å². The van der Waals surface area contributed by atoms with Crippen LogP contribution in [0.3, 0.4) is 0 Å². The third kappa shape index (κ3) is 4.45. The van der Waals surface area contributed by atoms with Gasteiger partial charge in [-0.05, 0) is 13.0 Å². The molecule has 0 aliphatic carbocycles. The van der Waals surface area contributed by atoms with Crippen molar-refractivity contribution in [1.82, 2.24) is 10.6 Å². The summed E-state index contributed by atoms with van der Waals surface area (Å²) in [6.07, 6.45) is -0.924. The molecular weight excluding hydrogens is 314 g/mol. The van der Waals surface area contributed by atoms with Gasteiger partial charge in [0.2, 0.25) is 0 Å². The number of benzene rings is 1. The number of ether oxygens (including phenoxy) is 1. The SMILES string of the molecule is CNC(=O)NC(=O)[C@@H](C)Oc1cc(Cl)c(Cl)cc1Cl. The number of rotatable bonds is 3. The molecule has 19 heavy (non-hydrogen) atoms.